The van der Waals surface area contributed by atoms with E-state index in [4.69, 9.17) is 11.6 Å². The first-order valence-electron chi connectivity index (χ1n) is 7.55. The predicted molar refractivity (Wildman–Crippen MR) is 92.8 cm³/mol. The average Bonchev–Trinajstić information content (AvgIpc) is 3.10. The molecule has 1 aliphatic heterocycles. The standard InChI is InChI=1S/C16H18ClFN4O.ClH/c17-13-3-1-4-14(18)12(13)11-20-15(23)16(5-8-19-9-6-16)22-10-2-7-21-22;/h1-4,7,10,19H,5-6,8-9,11H2,(H,20,23);1H. The van der Waals surface area contributed by atoms with Crippen LogP contribution in [0.3, 0.4) is 0 Å². The quantitative estimate of drug-likeness (QED) is 0.866. The van der Waals surface area contributed by atoms with E-state index in [0.29, 0.717) is 23.4 Å². The van der Waals surface area contributed by atoms with Gasteiger partial charge in [0.05, 0.1) is 0 Å². The van der Waals surface area contributed by atoms with Gasteiger partial charge in [-0.3, -0.25) is 9.48 Å². The number of nitrogens with zero attached hydrogens (tertiary/aromatic N) is 2. The molecule has 0 bridgehead atoms. The summed E-state index contributed by atoms with van der Waals surface area (Å²) in [6, 6.07) is 6.28. The number of benzene rings is 1. The SMILES string of the molecule is Cl.O=C(NCc1c(F)cccc1Cl)C1(n2cccn2)CCNCC1. The zero-order valence-corrected chi connectivity index (χ0v) is 14.5. The van der Waals surface area contributed by atoms with Crippen LogP contribution in [0.15, 0.2) is 36.7 Å². The lowest BCUT2D eigenvalue weighted by Crippen LogP contribution is -2.54. The van der Waals surface area contributed by atoms with Gasteiger partial charge in [0, 0.05) is 29.5 Å². The molecule has 1 amide bonds. The molecule has 1 aliphatic rings. The summed E-state index contributed by atoms with van der Waals surface area (Å²) in [5, 5.41) is 10.6. The van der Waals surface area contributed by atoms with Crippen molar-refractivity contribution in [2.24, 2.45) is 0 Å². The van der Waals surface area contributed by atoms with Gasteiger partial charge in [0.15, 0.2) is 0 Å². The maximum Gasteiger partial charge on any atom is 0.248 e. The van der Waals surface area contributed by atoms with E-state index in [0.717, 1.165) is 13.1 Å². The van der Waals surface area contributed by atoms with Crippen LogP contribution >= 0.6 is 24.0 Å². The lowest BCUT2D eigenvalue weighted by Gasteiger charge is -2.36. The van der Waals surface area contributed by atoms with Gasteiger partial charge in [-0.15, -0.1) is 12.4 Å². The Kier molecular flexibility index (Phi) is 6.21. The molecule has 0 unspecified atom stereocenters. The molecule has 5 nitrogen and oxygen atoms in total. The van der Waals surface area contributed by atoms with Crippen molar-refractivity contribution in [3.05, 3.63) is 53.1 Å². The summed E-state index contributed by atoms with van der Waals surface area (Å²) in [6.45, 7) is 1.52. The van der Waals surface area contributed by atoms with Crippen molar-refractivity contribution in [3.63, 3.8) is 0 Å². The van der Waals surface area contributed by atoms with E-state index in [-0.39, 0.29) is 24.9 Å². The highest BCUT2D eigenvalue weighted by Gasteiger charge is 2.41. The number of carbonyl (C=O) groups is 1. The van der Waals surface area contributed by atoms with Crippen LogP contribution < -0.4 is 10.6 Å². The number of carbonyl (C=O) groups excluding carboxylic acids is 1. The molecular formula is C16H19Cl2FN4O. The molecule has 0 radical (unpaired) electrons. The highest BCUT2D eigenvalue weighted by atomic mass is 35.5. The number of hydrogen-bond acceptors (Lipinski definition) is 3. The van der Waals surface area contributed by atoms with Crippen LogP contribution in [0.2, 0.25) is 5.02 Å². The zero-order chi connectivity index (χ0) is 16.3. The molecule has 24 heavy (non-hydrogen) atoms. The third-order valence-corrected chi connectivity index (χ3v) is 4.64. The highest BCUT2D eigenvalue weighted by molar-refractivity contribution is 6.31. The van der Waals surface area contributed by atoms with Gasteiger partial charge in [-0.1, -0.05) is 17.7 Å². The molecule has 8 heteroatoms. The van der Waals surface area contributed by atoms with Crippen molar-refractivity contribution in [1.82, 2.24) is 20.4 Å². The van der Waals surface area contributed by atoms with Crippen LogP contribution in [0.5, 0.6) is 0 Å². The van der Waals surface area contributed by atoms with Crippen molar-refractivity contribution in [2.45, 2.75) is 24.9 Å². The molecule has 3 rings (SSSR count). The van der Waals surface area contributed by atoms with Gasteiger partial charge in [-0.05, 0) is 44.1 Å². The fourth-order valence-electron chi connectivity index (χ4n) is 2.96. The van der Waals surface area contributed by atoms with Crippen LogP contribution in [-0.2, 0) is 16.9 Å². The van der Waals surface area contributed by atoms with E-state index in [1.54, 1.807) is 35.3 Å². The van der Waals surface area contributed by atoms with Crippen molar-refractivity contribution in [2.75, 3.05) is 13.1 Å². The Balaban J connectivity index is 0.00000208. The number of halogens is 3. The molecule has 1 fully saturated rings. The van der Waals surface area contributed by atoms with E-state index < -0.39 is 11.4 Å². The molecule has 2 N–H and O–H groups in total. The summed E-state index contributed by atoms with van der Waals surface area (Å²) in [5.41, 5.74) is -0.445. The van der Waals surface area contributed by atoms with Crippen LogP contribution in [0.4, 0.5) is 4.39 Å². The summed E-state index contributed by atoms with van der Waals surface area (Å²) in [5.74, 6) is -0.585. The van der Waals surface area contributed by atoms with E-state index >= 15 is 0 Å². The molecule has 2 heterocycles. The van der Waals surface area contributed by atoms with Gasteiger partial charge in [-0.25, -0.2) is 4.39 Å². The first kappa shape index (κ1) is 18.7. The summed E-state index contributed by atoms with van der Waals surface area (Å²) in [4.78, 5) is 12.8. The van der Waals surface area contributed by atoms with Gasteiger partial charge in [0.2, 0.25) is 5.91 Å². The number of aromatic nitrogens is 2. The number of nitrogens with one attached hydrogen (secondary N) is 2. The van der Waals surface area contributed by atoms with Crippen molar-refractivity contribution < 1.29 is 9.18 Å². The second kappa shape index (κ2) is 7.96. The van der Waals surface area contributed by atoms with Gasteiger partial charge >= 0.3 is 0 Å². The lowest BCUT2D eigenvalue weighted by atomic mass is 9.87. The molecular weight excluding hydrogens is 354 g/mol. The van der Waals surface area contributed by atoms with Gasteiger partial charge in [0.1, 0.15) is 11.4 Å². The minimum Gasteiger partial charge on any atom is -0.350 e. The highest BCUT2D eigenvalue weighted by Crippen LogP contribution is 2.27. The predicted octanol–water partition coefficient (Wildman–Crippen LogP) is 2.49. The summed E-state index contributed by atoms with van der Waals surface area (Å²) < 4.78 is 15.5. The van der Waals surface area contributed by atoms with Crippen LogP contribution in [0, 0.1) is 5.82 Å². The number of piperidine rings is 1. The Morgan fingerprint density at radius 2 is 2.12 bits per heavy atom. The van der Waals surface area contributed by atoms with Crippen molar-refractivity contribution >= 4 is 29.9 Å². The fourth-order valence-corrected chi connectivity index (χ4v) is 3.19. The van der Waals surface area contributed by atoms with Crippen molar-refractivity contribution in [1.29, 1.82) is 0 Å². The minimum absolute atomic E-state index is 0. The largest absolute Gasteiger partial charge is 0.350 e. The third-order valence-electron chi connectivity index (χ3n) is 4.28. The Morgan fingerprint density at radius 3 is 2.75 bits per heavy atom. The maximum atomic E-state index is 13.8. The topological polar surface area (TPSA) is 59.0 Å². The molecule has 2 aromatic rings. The van der Waals surface area contributed by atoms with E-state index in [1.807, 2.05) is 0 Å². The Bertz CT molecular complexity index is 667. The summed E-state index contributed by atoms with van der Waals surface area (Å²) in [6.07, 6.45) is 4.71. The Hall–Kier alpha value is -1.63. The summed E-state index contributed by atoms with van der Waals surface area (Å²) in [7, 11) is 0. The molecule has 1 aromatic heterocycles. The molecule has 0 spiro atoms. The van der Waals surface area contributed by atoms with E-state index in [2.05, 4.69) is 15.7 Å². The van der Waals surface area contributed by atoms with Crippen LogP contribution in [0.1, 0.15) is 18.4 Å². The lowest BCUT2D eigenvalue weighted by molar-refractivity contribution is -0.132. The van der Waals surface area contributed by atoms with E-state index in [1.165, 1.54) is 6.07 Å². The van der Waals surface area contributed by atoms with E-state index in [9.17, 15) is 9.18 Å². The Morgan fingerprint density at radius 1 is 1.38 bits per heavy atom. The normalized spacial score (nSPS) is 16.2. The first-order chi connectivity index (χ1) is 11.1. The average molecular weight is 373 g/mol. The van der Waals surface area contributed by atoms with Crippen molar-refractivity contribution in [3.8, 4) is 0 Å². The first-order valence-corrected chi connectivity index (χ1v) is 7.93. The monoisotopic (exact) mass is 372 g/mol. The van der Waals surface area contributed by atoms with Crippen LogP contribution in [-0.4, -0.2) is 28.8 Å². The second-order valence-corrected chi connectivity index (χ2v) is 6.02. The maximum absolute atomic E-state index is 13.8. The van der Waals surface area contributed by atoms with Gasteiger partial charge in [-0.2, -0.15) is 5.10 Å². The molecule has 0 saturated carbocycles. The smallest absolute Gasteiger partial charge is 0.248 e. The third kappa shape index (κ3) is 3.55. The zero-order valence-electron chi connectivity index (χ0n) is 13.0. The van der Waals surface area contributed by atoms with Gasteiger partial charge in [0.25, 0.3) is 0 Å². The second-order valence-electron chi connectivity index (χ2n) is 5.62. The molecule has 1 saturated heterocycles. The minimum atomic E-state index is -0.744. The number of amides is 1. The Labute approximate surface area is 151 Å². The number of hydrogen-bond donors (Lipinski definition) is 2. The summed E-state index contributed by atoms with van der Waals surface area (Å²) >= 11 is 6.01. The van der Waals surface area contributed by atoms with Gasteiger partial charge < -0.3 is 10.6 Å². The molecule has 1 aromatic carbocycles. The fraction of sp³-hybridized carbons (Fsp3) is 0.375. The van der Waals surface area contributed by atoms with Crippen LogP contribution in [0.25, 0.3) is 0 Å². The molecule has 130 valence electrons. The molecule has 0 aliphatic carbocycles. The number of rotatable bonds is 4. The molecule has 0 atom stereocenters.